The van der Waals surface area contributed by atoms with E-state index in [-0.39, 0.29) is 0 Å². The van der Waals surface area contributed by atoms with Crippen LogP contribution in [-0.4, -0.2) is 4.98 Å². The molecule has 1 heterocycles. The van der Waals surface area contributed by atoms with Gasteiger partial charge < -0.3 is 4.98 Å². The first kappa shape index (κ1) is 9.79. The number of aromatic amines is 1. The number of hydrogen-bond donors (Lipinski definition) is 1. The molecule has 1 aromatic heterocycles. The Morgan fingerprint density at radius 1 is 1.40 bits per heavy atom. The summed E-state index contributed by atoms with van der Waals surface area (Å²) in [4.78, 5) is 3.31. The molecule has 1 N–H and O–H groups in total. The summed E-state index contributed by atoms with van der Waals surface area (Å²) in [7, 11) is 0. The number of hydrogen-bond acceptors (Lipinski definition) is 1. The number of benzene rings is 1. The van der Waals surface area contributed by atoms with E-state index in [1.165, 1.54) is 10.9 Å². The molecule has 2 heteroatoms. The van der Waals surface area contributed by atoms with Gasteiger partial charge >= 0.3 is 0 Å². The maximum absolute atomic E-state index is 8.78. The summed E-state index contributed by atoms with van der Waals surface area (Å²) in [6.45, 7) is 4.17. The number of nitrogens with one attached hydrogen (secondary N) is 1. The molecule has 2 rings (SSSR count). The smallest absolute Gasteiger partial charge is 0.0670 e. The summed E-state index contributed by atoms with van der Waals surface area (Å²) < 4.78 is 0. The first-order chi connectivity index (χ1) is 7.26. The second-order valence-corrected chi connectivity index (χ2v) is 3.80. The monoisotopic (exact) mass is 198 g/mol. The van der Waals surface area contributed by atoms with Crippen molar-refractivity contribution >= 4 is 10.9 Å². The van der Waals surface area contributed by atoms with Crippen LogP contribution in [-0.2, 0) is 12.8 Å². The third kappa shape index (κ3) is 1.61. The fourth-order valence-corrected chi connectivity index (χ4v) is 1.96. The predicted octanol–water partition coefficient (Wildman–Crippen LogP) is 3.10. The van der Waals surface area contributed by atoms with E-state index in [4.69, 9.17) is 5.26 Å². The number of H-pyrrole nitrogens is 1. The molecule has 15 heavy (non-hydrogen) atoms. The average molecular weight is 198 g/mol. The molecule has 0 fully saturated rings. The molecule has 0 bridgehead atoms. The Hall–Kier alpha value is -1.75. The number of nitrogens with zero attached hydrogens (tertiary/aromatic N) is 1. The zero-order valence-electron chi connectivity index (χ0n) is 9.09. The quantitative estimate of drug-likeness (QED) is 0.791. The number of aromatic nitrogens is 1. The summed E-state index contributed by atoms with van der Waals surface area (Å²) in [5, 5.41) is 9.99. The second kappa shape index (κ2) is 3.78. The summed E-state index contributed by atoms with van der Waals surface area (Å²) in [5.41, 5.74) is 4.71. The zero-order valence-corrected chi connectivity index (χ0v) is 9.09. The summed E-state index contributed by atoms with van der Waals surface area (Å²) in [6.07, 6.45) is 1.52. The Balaban J connectivity index is 2.67. The van der Waals surface area contributed by atoms with Crippen LogP contribution in [0.25, 0.3) is 10.9 Å². The Labute approximate surface area is 89.5 Å². The maximum Gasteiger partial charge on any atom is 0.0670 e. The lowest BCUT2D eigenvalue weighted by Crippen LogP contribution is -1.84. The van der Waals surface area contributed by atoms with Crippen molar-refractivity contribution in [2.24, 2.45) is 0 Å². The lowest BCUT2D eigenvalue weighted by Gasteiger charge is -1.98. The molecule has 0 radical (unpaired) electrons. The van der Waals surface area contributed by atoms with E-state index >= 15 is 0 Å². The van der Waals surface area contributed by atoms with Crippen molar-refractivity contribution in [3.05, 3.63) is 35.0 Å². The van der Waals surface area contributed by atoms with Gasteiger partial charge in [-0.15, -0.1) is 0 Å². The minimum absolute atomic E-state index is 0.485. The van der Waals surface area contributed by atoms with Gasteiger partial charge in [0.15, 0.2) is 0 Å². The van der Waals surface area contributed by atoms with Gasteiger partial charge in [0.25, 0.3) is 0 Å². The standard InChI is InChI=1S/C13H14N2/c1-3-10-4-5-13-12(8-10)11(6-7-14)9(2)15-13/h4-5,8,15H,3,6H2,1-2H3. The maximum atomic E-state index is 8.78. The molecule has 0 amide bonds. The van der Waals surface area contributed by atoms with Crippen LogP contribution in [0.1, 0.15) is 23.7 Å². The zero-order chi connectivity index (χ0) is 10.8. The molecular weight excluding hydrogens is 184 g/mol. The third-order valence-electron chi connectivity index (χ3n) is 2.85. The van der Waals surface area contributed by atoms with Crippen LogP contribution in [0, 0.1) is 18.3 Å². The van der Waals surface area contributed by atoms with Crippen LogP contribution in [0.3, 0.4) is 0 Å². The topological polar surface area (TPSA) is 39.6 Å². The van der Waals surface area contributed by atoms with Crippen molar-refractivity contribution in [3.63, 3.8) is 0 Å². The molecule has 0 saturated heterocycles. The van der Waals surface area contributed by atoms with E-state index in [0.29, 0.717) is 6.42 Å². The van der Waals surface area contributed by atoms with E-state index in [0.717, 1.165) is 23.2 Å². The van der Waals surface area contributed by atoms with Gasteiger partial charge in [-0.3, -0.25) is 0 Å². The molecule has 0 unspecified atom stereocenters. The van der Waals surface area contributed by atoms with Crippen molar-refractivity contribution in [1.82, 2.24) is 4.98 Å². The Morgan fingerprint density at radius 2 is 2.20 bits per heavy atom. The van der Waals surface area contributed by atoms with Crippen molar-refractivity contribution in [2.75, 3.05) is 0 Å². The molecule has 0 aliphatic rings. The van der Waals surface area contributed by atoms with Crippen molar-refractivity contribution < 1.29 is 0 Å². The highest BCUT2D eigenvalue weighted by molar-refractivity contribution is 5.85. The van der Waals surface area contributed by atoms with Gasteiger partial charge in [0.05, 0.1) is 12.5 Å². The highest BCUT2D eigenvalue weighted by Gasteiger charge is 2.07. The minimum atomic E-state index is 0.485. The normalized spacial score (nSPS) is 10.5. The van der Waals surface area contributed by atoms with Crippen LogP contribution in [0.4, 0.5) is 0 Å². The van der Waals surface area contributed by atoms with Crippen molar-refractivity contribution in [1.29, 1.82) is 5.26 Å². The largest absolute Gasteiger partial charge is 0.358 e. The molecule has 0 aliphatic heterocycles. The van der Waals surface area contributed by atoms with Crippen LogP contribution in [0.15, 0.2) is 18.2 Å². The molecule has 0 atom stereocenters. The number of fused-ring (bicyclic) bond motifs is 1. The molecule has 0 spiro atoms. The van der Waals surface area contributed by atoms with Crippen molar-refractivity contribution in [3.8, 4) is 6.07 Å². The lowest BCUT2D eigenvalue weighted by atomic mass is 10.0. The Bertz CT molecular complexity index is 529. The fraction of sp³-hybridized carbons (Fsp3) is 0.308. The Morgan fingerprint density at radius 3 is 2.87 bits per heavy atom. The Kier molecular flexibility index (Phi) is 2.47. The lowest BCUT2D eigenvalue weighted by molar-refractivity contribution is 1.14. The summed E-state index contributed by atoms with van der Waals surface area (Å²) in [6, 6.07) is 8.64. The van der Waals surface area contributed by atoms with E-state index in [1.54, 1.807) is 0 Å². The average Bonchev–Trinajstić information content (AvgIpc) is 2.55. The molecule has 0 aliphatic carbocycles. The van der Waals surface area contributed by atoms with Gasteiger partial charge in [0, 0.05) is 16.6 Å². The van der Waals surface area contributed by atoms with Crippen LogP contribution < -0.4 is 0 Å². The van der Waals surface area contributed by atoms with Gasteiger partial charge in [0.2, 0.25) is 0 Å². The molecular formula is C13H14N2. The summed E-state index contributed by atoms with van der Waals surface area (Å²) >= 11 is 0. The van der Waals surface area contributed by atoms with E-state index in [1.807, 2.05) is 6.92 Å². The molecule has 2 aromatic rings. The van der Waals surface area contributed by atoms with E-state index < -0.39 is 0 Å². The van der Waals surface area contributed by atoms with Crippen molar-refractivity contribution in [2.45, 2.75) is 26.7 Å². The third-order valence-corrected chi connectivity index (χ3v) is 2.85. The van der Waals surface area contributed by atoms with Crippen LogP contribution >= 0.6 is 0 Å². The number of nitriles is 1. The van der Waals surface area contributed by atoms with E-state index in [9.17, 15) is 0 Å². The van der Waals surface area contributed by atoms with Gasteiger partial charge in [-0.25, -0.2) is 0 Å². The number of aryl methyl sites for hydroxylation is 2. The first-order valence-corrected chi connectivity index (χ1v) is 5.23. The highest BCUT2D eigenvalue weighted by atomic mass is 14.7. The fourth-order valence-electron chi connectivity index (χ4n) is 1.96. The molecule has 2 nitrogen and oxygen atoms in total. The SMILES string of the molecule is CCc1ccc2[nH]c(C)c(CC#N)c2c1. The van der Waals surface area contributed by atoms with Crippen LogP contribution in [0.2, 0.25) is 0 Å². The molecule has 76 valence electrons. The molecule has 0 saturated carbocycles. The minimum Gasteiger partial charge on any atom is -0.358 e. The van der Waals surface area contributed by atoms with Gasteiger partial charge in [-0.1, -0.05) is 13.0 Å². The number of rotatable bonds is 2. The van der Waals surface area contributed by atoms with Gasteiger partial charge in [-0.2, -0.15) is 5.26 Å². The van der Waals surface area contributed by atoms with Gasteiger partial charge in [0.1, 0.15) is 0 Å². The van der Waals surface area contributed by atoms with E-state index in [2.05, 4.69) is 36.2 Å². The predicted molar refractivity (Wildman–Crippen MR) is 61.7 cm³/mol. The van der Waals surface area contributed by atoms with Crippen LogP contribution in [0.5, 0.6) is 0 Å². The molecule has 1 aromatic carbocycles. The highest BCUT2D eigenvalue weighted by Crippen LogP contribution is 2.23. The van der Waals surface area contributed by atoms with Gasteiger partial charge in [-0.05, 0) is 36.6 Å². The first-order valence-electron chi connectivity index (χ1n) is 5.23. The summed E-state index contributed by atoms with van der Waals surface area (Å²) in [5.74, 6) is 0. The second-order valence-electron chi connectivity index (χ2n) is 3.80.